The Labute approximate surface area is 97.9 Å². The van der Waals surface area contributed by atoms with Gasteiger partial charge in [0.15, 0.2) is 0 Å². The lowest BCUT2D eigenvalue weighted by Gasteiger charge is -2.26. The molecule has 1 fully saturated rings. The van der Waals surface area contributed by atoms with Crippen molar-refractivity contribution >= 4 is 11.8 Å². The predicted octanol–water partition coefficient (Wildman–Crippen LogP) is 3.28. The van der Waals surface area contributed by atoms with Crippen LogP contribution in [0.5, 0.6) is 0 Å². The minimum atomic E-state index is -1.04. The topological polar surface area (TPSA) is 20.2 Å². The van der Waals surface area contributed by atoms with Gasteiger partial charge in [-0.25, -0.2) is 8.78 Å². The predicted molar refractivity (Wildman–Crippen MR) is 61.4 cm³/mol. The van der Waals surface area contributed by atoms with Crippen molar-refractivity contribution in [2.45, 2.75) is 30.6 Å². The third kappa shape index (κ3) is 2.38. The molecule has 88 valence electrons. The summed E-state index contributed by atoms with van der Waals surface area (Å²) in [4.78, 5) is 0. The summed E-state index contributed by atoms with van der Waals surface area (Å²) >= 11 is 1.60. The molecule has 1 N–H and O–H groups in total. The van der Waals surface area contributed by atoms with E-state index in [0.29, 0.717) is 0 Å². The van der Waals surface area contributed by atoms with Gasteiger partial charge in [0.2, 0.25) is 0 Å². The molecular weight excluding hydrogens is 230 g/mol. The van der Waals surface area contributed by atoms with Gasteiger partial charge in [0.25, 0.3) is 0 Å². The summed E-state index contributed by atoms with van der Waals surface area (Å²) in [6.07, 6.45) is 1.92. The molecule has 1 saturated heterocycles. The highest BCUT2D eigenvalue weighted by molar-refractivity contribution is 7.99. The molecule has 0 radical (unpaired) electrons. The maximum atomic E-state index is 13.4. The van der Waals surface area contributed by atoms with Crippen molar-refractivity contribution < 1.29 is 13.9 Å². The Morgan fingerprint density at radius 3 is 2.50 bits per heavy atom. The minimum absolute atomic E-state index is 0.0832. The van der Waals surface area contributed by atoms with Crippen LogP contribution in [0.3, 0.4) is 0 Å². The summed E-state index contributed by atoms with van der Waals surface area (Å²) in [5.41, 5.74) is -0.179. The molecule has 16 heavy (non-hydrogen) atoms. The summed E-state index contributed by atoms with van der Waals surface area (Å²) in [5.74, 6) is -0.352. The highest BCUT2D eigenvalue weighted by Gasteiger charge is 2.28. The molecule has 0 bridgehead atoms. The minimum Gasteiger partial charge on any atom is -0.387 e. The van der Waals surface area contributed by atoms with E-state index in [1.807, 2.05) is 0 Å². The molecule has 2 unspecified atom stereocenters. The van der Waals surface area contributed by atoms with Crippen LogP contribution in [-0.2, 0) is 0 Å². The zero-order valence-electron chi connectivity index (χ0n) is 8.83. The lowest BCUT2D eigenvalue weighted by atomic mass is 10.0. The van der Waals surface area contributed by atoms with E-state index in [-0.39, 0.29) is 10.8 Å². The number of aliphatic hydroxyl groups excluding tert-OH is 1. The van der Waals surface area contributed by atoms with Gasteiger partial charge in [-0.05, 0) is 30.7 Å². The van der Waals surface area contributed by atoms with E-state index in [4.69, 9.17) is 0 Å². The summed E-state index contributed by atoms with van der Waals surface area (Å²) in [7, 11) is 0. The third-order valence-corrected chi connectivity index (χ3v) is 4.31. The maximum absolute atomic E-state index is 13.4. The average Bonchev–Trinajstić information content (AvgIpc) is 2.30. The molecule has 1 aliphatic heterocycles. The van der Waals surface area contributed by atoms with Crippen LogP contribution in [-0.4, -0.2) is 16.1 Å². The van der Waals surface area contributed by atoms with Gasteiger partial charge in [-0.1, -0.05) is 12.5 Å². The van der Waals surface area contributed by atoms with Crippen LogP contribution in [0.4, 0.5) is 8.78 Å². The van der Waals surface area contributed by atoms with E-state index in [1.54, 1.807) is 11.8 Å². The fourth-order valence-corrected chi connectivity index (χ4v) is 3.32. The molecule has 0 saturated carbocycles. The Kier molecular flexibility index (Phi) is 3.82. The highest BCUT2D eigenvalue weighted by Crippen LogP contribution is 2.36. The van der Waals surface area contributed by atoms with Gasteiger partial charge in [0.05, 0.1) is 11.7 Å². The normalized spacial score (nSPS) is 23.1. The number of halogens is 2. The summed E-state index contributed by atoms with van der Waals surface area (Å²) in [6.45, 7) is 0. The fraction of sp³-hybridized carbons (Fsp3) is 0.500. The largest absolute Gasteiger partial charge is 0.387 e. The first kappa shape index (κ1) is 11.9. The first-order valence-electron chi connectivity index (χ1n) is 5.43. The second-order valence-corrected chi connectivity index (χ2v) is 5.33. The number of benzene rings is 1. The van der Waals surface area contributed by atoms with Crippen LogP contribution in [0.1, 0.15) is 30.9 Å². The average molecular weight is 244 g/mol. The van der Waals surface area contributed by atoms with Crippen LogP contribution < -0.4 is 0 Å². The number of hydrogen-bond donors (Lipinski definition) is 1. The summed E-state index contributed by atoms with van der Waals surface area (Å²) in [5, 5.41) is 9.92. The van der Waals surface area contributed by atoms with E-state index < -0.39 is 17.7 Å². The van der Waals surface area contributed by atoms with E-state index >= 15 is 0 Å². The van der Waals surface area contributed by atoms with E-state index in [0.717, 1.165) is 25.0 Å². The Hall–Kier alpha value is -0.610. The van der Waals surface area contributed by atoms with Gasteiger partial charge in [-0.15, -0.1) is 0 Å². The molecule has 2 rings (SSSR count). The van der Waals surface area contributed by atoms with E-state index in [2.05, 4.69) is 0 Å². The van der Waals surface area contributed by atoms with Gasteiger partial charge in [-0.2, -0.15) is 11.8 Å². The Morgan fingerprint density at radius 2 is 1.94 bits per heavy atom. The van der Waals surface area contributed by atoms with Crippen molar-refractivity contribution in [3.8, 4) is 0 Å². The molecule has 0 aromatic heterocycles. The smallest absolute Gasteiger partial charge is 0.131 e. The molecular formula is C12H14F2OS. The Bertz CT molecular complexity index is 344. The molecule has 1 aliphatic rings. The molecule has 4 heteroatoms. The summed E-state index contributed by atoms with van der Waals surface area (Å²) in [6, 6.07) is 3.69. The quantitative estimate of drug-likeness (QED) is 0.861. The molecule has 0 spiro atoms. The monoisotopic (exact) mass is 244 g/mol. The Morgan fingerprint density at radius 1 is 1.25 bits per heavy atom. The Balaban J connectivity index is 2.22. The van der Waals surface area contributed by atoms with Crippen LogP contribution >= 0.6 is 11.8 Å². The van der Waals surface area contributed by atoms with Gasteiger partial charge in [0, 0.05) is 5.25 Å². The maximum Gasteiger partial charge on any atom is 0.131 e. The molecule has 1 aromatic carbocycles. The third-order valence-electron chi connectivity index (χ3n) is 2.86. The SMILES string of the molecule is OC(c1c(F)cccc1F)C1CCCCS1. The zero-order valence-corrected chi connectivity index (χ0v) is 9.64. The number of hydrogen-bond acceptors (Lipinski definition) is 2. The van der Waals surface area contributed by atoms with Crippen molar-refractivity contribution in [2.24, 2.45) is 0 Å². The van der Waals surface area contributed by atoms with Crippen LogP contribution in [0.15, 0.2) is 18.2 Å². The fourth-order valence-electron chi connectivity index (χ4n) is 1.99. The second kappa shape index (κ2) is 5.15. The van der Waals surface area contributed by atoms with Crippen molar-refractivity contribution in [3.63, 3.8) is 0 Å². The second-order valence-electron chi connectivity index (χ2n) is 3.99. The molecule has 1 heterocycles. The molecule has 1 aromatic rings. The van der Waals surface area contributed by atoms with Crippen LogP contribution in [0, 0.1) is 11.6 Å². The van der Waals surface area contributed by atoms with Crippen molar-refractivity contribution in [2.75, 3.05) is 5.75 Å². The van der Waals surface area contributed by atoms with Crippen LogP contribution in [0.25, 0.3) is 0 Å². The van der Waals surface area contributed by atoms with E-state index in [9.17, 15) is 13.9 Å². The lowest BCUT2D eigenvalue weighted by Crippen LogP contribution is -2.21. The van der Waals surface area contributed by atoms with Crippen molar-refractivity contribution in [1.29, 1.82) is 0 Å². The summed E-state index contributed by atoms with van der Waals surface area (Å²) < 4.78 is 26.9. The molecule has 1 nitrogen and oxygen atoms in total. The van der Waals surface area contributed by atoms with Gasteiger partial charge >= 0.3 is 0 Å². The number of thioether (sulfide) groups is 1. The standard InChI is InChI=1S/C12H14F2OS/c13-8-4-3-5-9(14)11(8)12(15)10-6-1-2-7-16-10/h3-5,10,12,15H,1-2,6-7H2. The number of aliphatic hydroxyl groups is 1. The van der Waals surface area contributed by atoms with Gasteiger partial charge < -0.3 is 5.11 Å². The van der Waals surface area contributed by atoms with Crippen LogP contribution in [0.2, 0.25) is 0 Å². The molecule has 2 atom stereocenters. The first-order valence-corrected chi connectivity index (χ1v) is 6.48. The van der Waals surface area contributed by atoms with Crippen molar-refractivity contribution in [3.05, 3.63) is 35.4 Å². The van der Waals surface area contributed by atoms with Crippen molar-refractivity contribution in [1.82, 2.24) is 0 Å². The molecule has 0 aliphatic carbocycles. The number of rotatable bonds is 2. The first-order chi connectivity index (χ1) is 7.70. The van der Waals surface area contributed by atoms with Gasteiger partial charge in [-0.3, -0.25) is 0 Å². The highest BCUT2D eigenvalue weighted by atomic mass is 32.2. The van der Waals surface area contributed by atoms with E-state index in [1.165, 1.54) is 18.2 Å². The van der Waals surface area contributed by atoms with Gasteiger partial charge in [0.1, 0.15) is 11.6 Å². The lowest BCUT2D eigenvalue weighted by molar-refractivity contribution is 0.159. The zero-order chi connectivity index (χ0) is 11.5. The molecule has 0 amide bonds.